The Morgan fingerprint density at radius 1 is 0.870 bits per heavy atom. The molecule has 2 fully saturated rings. The summed E-state index contributed by atoms with van der Waals surface area (Å²) in [7, 11) is 0. The quantitative estimate of drug-likeness (QED) is 0.324. The molecule has 1 aromatic carbocycles. The van der Waals surface area contributed by atoms with Crippen molar-refractivity contribution in [1.29, 1.82) is 0 Å². The van der Waals surface area contributed by atoms with E-state index in [9.17, 15) is 0 Å². The third-order valence-corrected chi connectivity index (χ3v) is 3.83. The van der Waals surface area contributed by atoms with Gasteiger partial charge >= 0.3 is 0 Å². The van der Waals surface area contributed by atoms with Crippen LogP contribution in [0.2, 0.25) is 0 Å². The molecule has 1 aromatic rings. The first-order valence-corrected chi connectivity index (χ1v) is 9.32. The average molecular weight is 427 g/mol. The van der Waals surface area contributed by atoms with Gasteiger partial charge in [-0.3, -0.25) is 6.38 Å². The fourth-order valence-corrected chi connectivity index (χ4v) is 2.45. The fourth-order valence-electron chi connectivity index (χ4n) is 2.45. The molecule has 0 saturated heterocycles. The van der Waals surface area contributed by atoms with Crippen LogP contribution in [0.15, 0.2) is 24.3 Å². The fraction of sp³-hybridized carbons (Fsp3) is 0.571. The van der Waals surface area contributed by atoms with Gasteiger partial charge in [0.25, 0.3) is 0 Å². The van der Waals surface area contributed by atoms with Crippen molar-refractivity contribution in [3.8, 4) is 0 Å². The molecule has 0 bridgehead atoms. The molecule has 23 heavy (non-hydrogen) atoms. The van der Waals surface area contributed by atoms with E-state index in [4.69, 9.17) is 0 Å². The van der Waals surface area contributed by atoms with E-state index >= 15 is 0 Å². The van der Waals surface area contributed by atoms with Gasteiger partial charge in [0.05, 0.1) is 0 Å². The minimum atomic E-state index is 0. The van der Waals surface area contributed by atoms with Crippen LogP contribution in [-0.4, -0.2) is 0 Å². The molecule has 0 aromatic heterocycles. The van der Waals surface area contributed by atoms with E-state index in [1.165, 1.54) is 69.8 Å². The van der Waals surface area contributed by atoms with Gasteiger partial charge in [-0.1, -0.05) is 51.9 Å². The zero-order valence-electron chi connectivity index (χ0n) is 14.6. The molecule has 2 aliphatic carbocycles. The molecular weight excluding hydrogens is 394 g/mol. The predicted octanol–water partition coefficient (Wildman–Crippen LogP) is 7.37. The summed E-state index contributed by atoms with van der Waals surface area (Å²) in [5.74, 6) is 0. The van der Waals surface area contributed by atoms with Crippen LogP contribution in [0.25, 0.3) is 0 Å². The van der Waals surface area contributed by atoms with Crippen LogP contribution in [0.4, 0.5) is 0 Å². The Bertz CT molecular complexity index is 257. The van der Waals surface area contributed by atoms with E-state index in [-0.39, 0.29) is 20.4 Å². The van der Waals surface area contributed by atoms with Gasteiger partial charge in [0.1, 0.15) is 0 Å². The topological polar surface area (TPSA) is 0 Å². The molecule has 3 rings (SSSR count). The summed E-state index contributed by atoms with van der Waals surface area (Å²) >= 11 is 4.39. The number of benzene rings is 1. The van der Waals surface area contributed by atoms with Crippen LogP contribution in [0, 0.1) is 25.3 Å². The SMILES string of the molecule is CCc1cc[c-]cc1.[CH-]1CCCCC1.[CH-]1CCCCC1.[CH2-]Cl.[Pd]. The minimum absolute atomic E-state index is 0. The van der Waals surface area contributed by atoms with Gasteiger partial charge in [0, 0.05) is 20.4 Å². The molecule has 0 atom stereocenters. The number of hydrogen-bond acceptors (Lipinski definition) is 0. The molecule has 2 saturated carbocycles. The number of rotatable bonds is 1. The van der Waals surface area contributed by atoms with Crippen molar-refractivity contribution in [3.05, 3.63) is 55.1 Å². The van der Waals surface area contributed by atoms with Crippen molar-refractivity contribution in [2.24, 2.45) is 0 Å². The van der Waals surface area contributed by atoms with Crippen LogP contribution in [0.1, 0.15) is 76.7 Å². The standard InChI is InChI=1S/C8H9.2C6H11.CH2Cl.Pd/c1-2-8-6-4-3-5-7-8;2*1-2-4-6-5-3-1;1-2;/h4-7H,2H2,1H3;2*1H,2-6H2;1H2;/q4*-1;. The molecule has 138 valence electrons. The molecule has 0 aliphatic heterocycles. The Kier molecular flexibility index (Phi) is 24.5. The Morgan fingerprint density at radius 3 is 1.43 bits per heavy atom. The number of aryl methyl sites for hydroxylation is 1. The van der Waals surface area contributed by atoms with Crippen molar-refractivity contribution in [3.63, 3.8) is 0 Å². The van der Waals surface area contributed by atoms with Crippen LogP contribution in [0.5, 0.6) is 0 Å². The first kappa shape index (κ1) is 25.4. The van der Waals surface area contributed by atoms with Gasteiger partial charge in [0.2, 0.25) is 0 Å². The maximum absolute atomic E-state index is 4.39. The summed E-state index contributed by atoms with van der Waals surface area (Å²) in [6, 6.07) is 11.0. The molecule has 0 N–H and O–H groups in total. The van der Waals surface area contributed by atoms with Crippen LogP contribution < -0.4 is 0 Å². The van der Waals surface area contributed by atoms with Crippen LogP contribution >= 0.6 is 11.6 Å². The van der Waals surface area contributed by atoms with Gasteiger partial charge in [-0.25, -0.2) is 0 Å². The second-order valence-corrected chi connectivity index (χ2v) is 5.62. The first-order chi connectivity index (χ1) is 10.9. The van der Waals surface area contributed by atoms with E-state index in [2.05, 4.69) is 55.9 Å². The summed E-state index contributed by atoms with van der Waals surface area (Å²) in [6.45, 7) is 2.15. The molecule has 0 radical (unpaired) electrons. The third kappa shape index (κ3) is 18.4. The first-order valence-electron chi connectivity index (χ1n) is 8.78. The maximum atomic E-state index is 4.39. The summed E-state index contributed by atoms with van der Waals surface area (Å²) < 4.78 is 0. The van der Waals surface area contributed by atoms with Crippen LogP contribution in [-0.2, 0) is 26.8 Å². The van der Waals surface area contributed by atoms with Gasteiger partial charge in [0.15, 0.2) is 0 Å². The zero-order chi connectivity index (χ0) is 16.3. The van der Waals surface area contributed by atoms with Gasteiger partial charge < -0.3 is 24.4 Å². The predicted molar refractivity (Wildman–Crippen MR) is 101 cm³/mol. The molecule has 0 heterocycles. The zero-order valence-corrected chi connectivity index (χ0v) is 17.0. The second-order valence-electron chi connectivity index (χ2n) is 5.62. The summed E-state index contributed by atoms with van der Waals surface area (Å²) in [5.41, 5.74) is 1.38. The van der Waals surface area contributed by atoms with Crippen molar-refractivity contribution in [2.45, 2.75) is 77.6 Å². The monoisotopic (exact) mass is 426 g/mol. The number of hydrogen-bond donors (Lipinski definition) is 0. The molecular formula is C21H33ClPd-4. The Morgan fingerprint density at radius 2 is 1.26 bits per heavy atom. The number of halogens is 1. The van der Waals surface area contributed by atoms with Crippen LogP contribution in [0.3, 0.4) is 0 Å². The smallest absolute Gasteiger partial charge is 0 e. The van der Waals surface area contributed by atoms with Crippen molar-refractivity contribution in [2.75, 3.05) is 0 Å². The largest absolute Gasteiger partial charge is 0.352 e. The Hall–Kier alpha value is 0.172. The van der Waals surface area contributed by atoms with E-state index in [0.29, 0.717) is 0 Å². The molecule has 2 heteroatoms. The summed E-state index contributed by atoms with van der Waals surface area (Å²) in [4.78, 5) is 0. The van der Waals surface area contributed by atoms with Gasteiger partial charge in [-0.2, -0.15) is 61.6 Å². The molecule has 0 nitrogen and oxygen atoms in total. The Balaban J connectivity index is 0. The normalized spacial score (nSPS) is 16.0. The Labute approximate surface area is 164 Å². The van der Waals surface area contributed by atoms with E-state index < -0.39 is 0 Å². The molecule has 2 aliphatic rings. The summed E-state index contributed by atoms with van der Waals surface area (Å²) in [5, 5.41) is 0. The van der Waals surface area contributed by atoms with Gasteiger partial charge in [-0.15, -0.1) is 0 Å². The van der Waals surface area contributed by atoms with Gasteiger partial charge in [-0.05, 0) is 0 Å². The average Bonchev–Trinajstić information content (AvgIpc) is 2.68. The van der Waals surface area contributed by atoms with Crippen molar-refractivity contribution >= 4 is 11.6 Å². The van der Waals surface area contributed by atoms with E-state index in [1.807, 2.05) is 12.1 Å². The molecule has 0 spiro atoms. The van der Waals surface area contributed by atoms with E-state index in [0.717, 1.165) is 6.42 Å². The second kappa shape index (κ2) is 22.2. The molecule has 0 amide bonds. The summed E-state index contributed by atoms with van der Waals surface area (Å²) in [6.07, 6.45) is 22.8. The third-order valence-electron chi connectivity index (χ3n) is 3.83. The minimum Gasteiger partial charge on any atom is -0.352 e. The van der Waals surface area contributed by atoms with Crippen molar-refractivity contribution in [1.82, 2.24) is 0 Å². The van der Waals surface area contributed by atoms with Crippen molar-refractivity contribution < 1.29 is 20.4 Å². The van der Waals surface area contributed by atoms with E-state index in [1.54, 1.807) is 0 Å². The molecule has 0 unspecified atom stereocenters. The maximum Gasteiger partial charge on any atom is 0 e.